The third kappa shape index (κ3) is 3.82. The molecule has 3 heteroatoms. The van der Waals surface area contributed by atoms with E-state index in [1.54, 1.807) is 13.8 Å². The molecule has 0 aromatic rings. The van der Waals surface area contributed by atoms with Gasteiger partial charge in [0.1, 0.15) is 6.23 Å². The third-order valence-electron chi connectivity index (χ3n) is 1.48. The fourth-order valence-corrected chi connectivity index (χ4v) is 0.908. The molecule has 0 saturated heterocycles. The van der Waals surface area contributed by atoms with Crippen LogP contribution < -0.4 is 5.32 Å². The molecule has 0 fully saturated rings. The topological polar surface area (TPSA) is 52.5 Å². The van der Waals surface area contributed by atoms with Crippen molar-refractivity contribution >= 4 is 0 Å². The molecule has 0 amide bonds. The minimum Gasteiger partial charge on any atom is -0.392 e. The molecule has 0 aliphatic rings. The van der Waals surface area contributed by atoms with E-state index in [9.17, 15) is 0 Å². The zero-order valence-corrected chi connectivity index (χ0v) is 6.83. The molecule has 3 N–H and O–H groups in total. The van der Waals surface area contributed by atoms with Gasteiger partial charge in [-0.1, -0.05) is 6.92 Å². The molecule has 0 saturated carbocycles. The number of hydrogen-bond acceptors (Lipinski definition) is 3. The monoisotopic (exact) mass is 147 g/mol. The summed E-state index contributed by atoms with van der Waals surface area (Å²) >= 11 is 0. The molecule has 0 spiro atoms. The van der Waals surface area contributed by atoms with E-state index < -0.39 is 12.3 Å². The summed E-state index contributed by atoms with van der Waals surface area (Å²) in [7, 11) is 0. The summed E-state index contributed by atoms with van der Waals surface area (Å²) in [6.07, 6.45) is -0.123. The standard InChI is InChI=1S/C7H17NO2/c1-4-7(5(2)9)8-6(3)10/h5-10H,4H2,1-3H3/t5-,6?,7-/m0/s1. The van der Waals surface area contributed by atoms with Gasteiger partial charge >= 0.3 is 0 Å². The van der Waals surface area contributed by atoms with Gasteiger partial charge in [0, 0.05) is 6.04 Å². The molecule has 1 unspecified atom stereocenters. The van der Waals surface area contributed by atoms with Crippen molar-refractivity contribution < 1.29 is 10.2 Å². The molecule has 3 atom stereocenters. The SMILES string of the molecule is CC[C@H](NC(C)O)[C@H](C)O. The fraction of sp³-hybridized carbons (Fsp3) is 1.00. The van der Waals surface area contributed by atoms with Crippen LogP contribution in [-0.4, -0.2) is 28.6 Å². The van der Waals surface area contributed by atoms with Crippen molar-refractivity contribution in [3.8, 4) is 0 Å². The highest BCUT2D eigenvalue weighted by molar-refractivity contribution is 4.70. The number of hydrogen-bond donors (Lipinski definition) is 3. The first kappa shape index (κ1) is 9.88. The lowest BCUT2D eigenvalue weighted by Crippen LogP contribution is -2.42. The van der Waals surface area contributed by atoms with Crippen LogP contribution in [0.1, 0.15) is 27.2 Å². The first-order chi connectivity index (χ1) is 4.57. The molecule has 3 nitrogen and oxygen atoms in total. The lowest BCUT2D eigenvalue weighted by Gasteiger charge is -2.21. The van der Waals surface area contributed by atoms with Crippen LogP contribution in [0.3, 0.4) is 0 Å². The summed E-state index contributed by atoms with van der Waals surface area (Å²) in [5.41, 5.74) is 0. The van der Waals surface area contributed by atoms with E-state index in [4.69, 9.17) is 10.2 Å². The predicted molar refractivity (Wildman–Crippen MR) is 40.6 cm³/mol. The van der Waals surface area contributed by atoms with E-state index in [0.717, 1.165) is 6.42 Å². The maximum Gasteiger partial charge on any atom is 0.102 e. The van der Waals surface area contributed by atoms with Gasteiger partial charge in [-0.25, -0.2) is 0 Å². The van der Waals surface area contributed by atoms with Crippen LogP contribution in [0.2, 0.25) is 0 Å². The predicted octanol–water partition coefficient (Wildman–Crippen LogP) is 0.0737. The van der Waals surface area contributed by atoms with E-state index in [1.807, 2.05) is 6.92 Å². The van der Waals surface area contributed by atoms with Crippen LogP contribution in [0.4, 0.5) is 0 Å². The maximum atomic E-state index is 9.09. The fourth-order valence-electron chi connectivity index (χ4n) is 0.908. The minimum absolute atomic E-state index is 0.000000000000000222. The summed E-state index contributed by atoms with van der Waals surface area (Å²) in [5.74, 6) is 0. The quantitative estimate of drug-likeness (QED) is 0.493. The molecule has 10 heavy (non-hydrogen) atoms. The Morgan fingerprint density at radius 2 is 1.80 bits per heavy atom. The van der Waals surface area contributed by atoms with Crippen LogP contribution in [0.15, 0.2) is 0 Å². The molecule has 0 rings (SSSR count). The first-order valence-corrected chi connectivity index (χ1v) is 3.70. The van der Waals surface area contributed by atoms with Crippen molar-refractivity contribution in [3.05, 3.63) is 0 Å². The Kier molecular flexibility index (Phi) is 4.60. The van der Waals surface area contributed by atoms with Crippen molar-refractivity contribution in [2.24, 2.45) is 0 Å². The normalized spacial score (nSPS) is 20.1. The van der Waals surface area contributed by atoms with Crippen LogP contribution in [0, 0.1) is 0 Å². The number of aliphatic hydroxyl groups is 2. The average Bonchev–Trinajstić information content (AvgIpc) is 1.81. The summed E-state index contributed by atoms with van der Waals surface area (Å²) in [6, 6.07) is -0.000000000000000222. The molecule has 0 aliphatic heterocycles. The highest BCUT2D eigenvalue weighted by atomic mass is 16.3. The van der Waals surface area contributed by atoms with E-state index in [2.05, 4.69) is 5.32 Å². The van der Waals surface area contributed by atoms with Gasteiger partial charge in [-0.3, -0.25) is 5.32 Å². The van der Waals surface area contributed by atoms with E-state index in [-0.39, 0.29) is 6.04 Å². The largest absolute Gasteiger partial charge is 0.392 e. The molecular formula is C7H17NO2. The Morgan fingerprint density at radius 3 is 1.90 bits per heavy atom. The van der Waals surface area contributed by atoms with Crippen molar-refractivity contribution in [2.75, 3.05) is 0 Å². The Labute approximate surface area is 62.1 Å². The summed E-state index contributed by atoms with van der Waals surface area (Å²) in [5, 5.41) is 20.8. The zero-order chi connectivity index (χ0) is 8.15. The van der Waals surface area contributed by atoms with Crippen LogP contribution >= 0.6 is 0 Å². The molecule has 62 valence electrons. The van der Waals surface area contributed by atoms with Crippen molar-refractivity contribution in [2.45, 2.75) is 45.6 Å². The summed E-state index contributed by atoms with van der Waals surface area (Å²) in [4.78, 5) is 0. The Hall–Kier alpha value is -0.120. The van der Waals surface area contributed by atoms with Gasteiger partial charge in [-0.15, -0.1) is 0 Å². The molecule has 0 aliphatic carbocycles. The number of rotatable bonds is 4. The van der Waals surface area contributed by atoms with Gasteiger partial charge in [0.15, 0.2) is 0 Å². The molecule has 0 aromatic heterocycles. The number of nitrogens with one attached hydrogen (secondary N) is 1. The summed E-state index contributed by atoms with van der Waals surface area (Å²) in [6.45, 7) is 5.32. The molecule has 0 aromatic carbocycles. The van der Waals surface area contributed by atoms with Gasteiger partial charge < -0.3 is 10.2 Å². The second kappa shape index (κ2) is 4.66. The highest BCUT2D eigenvalue weighted by Gasteiger charge is 2.12. The van der Waals surface area contributed by atoms with E-state index >= 15 is 0 Å². The molecular weight excluding hydrogens is 130 g/mol. The van der Waals surface area contributed by atoms with Gasteiger partial charge in [0.05, 0.1) is 6.10 Å². The third-order valence-corrected chi connectivity index (χ3v) is 1.48. The summed E-state index contributed by atoms with van der Waals surface area (Å²) < 4.78 is 0. The first-order valence-electron chi connectivity index (χ1n) is 3.70. The molecule has 0 heterocycles. The second-order valence-corrected chi connectivity index (χ2v) is 2.60. The average molecular weight is 147 g/mol. The van der Waals surface area contributed by atoms with Crippen molar-refractivity contribution in [3.63, 3.8) is 0 Å². The van der Waals surface area contributed by atoms with E-state index in [1.165, 1.54) is 0 Å². The van der Waals surface area contributed by atoms with Gasteiger partial charge in [-0.2, -0.15) is 0 Å². The van der Waals surface area contributed by atoms with Gasteiger partial charge in [0.2, 0.25) is 0 Å². The zero-order valence-electron chi connectivity index (χ0n) is 6.83. The Morgan fingerprint density at radius 1 is 1.30 bits per heavy atom. The Bertz CT molecular complexity index is 83.7. The minimum atomic E-state index is -0.542. The maximum absolute atomic E-state index is 9.09. The lowest BCUT2D eigenvalue weighted by atomic mass is 10.1. The smallest absolute Gasteiger partial charge is 0.102 e. The van der Waals surface area contributed by atoms with Crippen LogP contribution in [0.5, 0.6) is 0 Å². The van der Waals surface area contributed by atoms with Gasteiger partial charge in [-0.05, 0) is 20.3 Å². The van der Waals surface area contributed by atoms with Crippen molar-refractivity contribution in [1.29, 1.82) is 0 Å². The second-order valence-electron chi connectivity index (χ2n) is 2.60. The van der Waals surface area contributed by atoms with E-state index in [0.29, 0.717) is 0 Å². The highest BCUT2D eigenvalue weighted by Crippen LogP contribution is 1.97. The van der Waals surface area contributed by atoms with Gasteiger partial charge in [0.25, 0.3) is 0 Å². The molecule has 0 radical (unpaired) electrons. The Balaban J connectivity index is 3.60. The molecule has 0 bridgehead atoms. The number of aliphatic hydroxyl groups excluding tert-OH is 2. The lowest BCUT2D eigenvalue weighted by molar-refractivity contribution is 0.0815. The van der Waals surface area contributed by atoms with Crippen molar-refractivity contribution in [1.82, 2.24) is 5.32 Å². The van der Waals surface area contributed by atoms with Crippen LogP contribution in [0.25, 0.3) is 0 Å². The van der Waals surface area contributed by atoms with Crippen LogP contribution in [-0.2, 0) is 0 Å².